The molecule has 4 N–H and O–H groups in total. The quantitative estimate of drug-likeness (QED) is 0.258. The second-order valence-corrected chi connectivity index (χ2v) is 6.98. The zero-order valence-corrected chi connectivity index (χ0v) is 17.9. The maximum absolute atomic E-state index is 11.9. The number of benzene rings is 2. The SMILES string of the molecule is COc1cc(C=CC(=O)CC(=O)C=Cc2ccc(O)c(OC)c2)ccc1O.O=S(=O)(O)O. The molecule has 0 aliphatic heterocycles. The number of aromatic hydroxyl groups is 2. The lowest BCUT2D eigenvalue weighted by molar-refractivity contribution is -0.121. The lowest BCUT2D eigenvalue weighted by atomic mass is 10.1. The molecule has 0 radical (unpaired) electrons. The minimum atomic E-state index is -4.67. The molecule has 10 nitrogen and oxygen atoms in total. The van der Waals surface area contributed by atoms with Gasteiger partial charge in [-0.1, -0.05) is 24.3 Å². The summed E-state index contributed by atoms with van der Waals surface area (Å²) in [5.74, 6) is -0.0832. The van der Waals surface area contributed by atoms with E-state index >= 15 is 0 Å². The molecule has 0 aliphatic rings. The van der Waals surface area contributed by atoms with E-state index in [4.69, 9.17) is 27.0 Å². The van der Waals surface area contributed by atoms with Gasteiger partial charge in [-0.2, -0.15) is 8.42 Å². The Balaban J connectivity index is 0.000000920. The van der Waals surface area contributed by atoms with Crippen LogP contribution >= 0.6 is 0 Å². The second kappa shape index (κ2) is 12.2. The molecule has 2 rings (SSSR count). The van der Waals surface area contributed by atoms with E-state index in [-0.39, 0.29) is 29.5 Å². The number of allylic oxidation sites excluding steroid dienone is 2. The third-order valence-corrected chi connectivity index (χ3v) is 3.68. The van der Waals surface area contributed by atoms with Crippen LogP contribution in [0.4, 0.5) is 0 Å². The molecule has 0 saturated heterocycles. The molecule has 0 unspecified atom stereocenters. The van der Waals surface area contributed by atoms with Gasteiger partial charge < -0.3 is 19.7 Å². The van der Waals surface area contributed by atoms with Crippen molar-refractivity contribution in [2.75, 3.05) is 14.2 Å². The molecular weight excluding hydrogens is 444 g/mol. The van der Waals surface area contributed by atoms with Crippen molar-refractivity contribution in [2.24, 2.45) is 0 Å². The molecule has 0 fully saturated rings. The fourth-order valence-corrected chi connectivity index (χ4v) is 2.26. The molecule has 0 aliphatic carbocycles. The summed E-state index contributed by atoms with van der Waals surface area (Å²) in [7, 11) is -1.80. The number of phenols is 2. The summed E-state index contributed by atoms with van der Waals surface area (Å²) in [5.41, 5.74) is 1.33. The molecule has 0 bridgehead atoms. The average Bonchev–Trinajstić information content (AvgIpc) is 2.71. The highest BCUT2D eigenvalue weighted by atomic mass is 32.3. The first-order valence-corrected chi connectivity index (χ1v) is 10.2. The minimum Gasteiger partial charge on any atom is -0.504 e. The van der Waals surface area contributed by atoms with Gasteiger partial charge in [-0.15, -0.1) is 0 Å². The Kier molecular flexibility index (Phi) is 10.1. The van der Waals surface area contributed by atoms with Crippen LogP contribution in [0.25, 0.3) is 12.2 Å². The van der Waals surface area contributed by atoms with Crippen LogP contribution in [0.15, 0.2) is 48.6 Å². The van der Waals surface area contributed by atoms with Crippen molar-refractivity contribution < 1.29 is 46.8 Å². The van der Waals surface area contributed by atoms with Crippen LogP contribution in [-0.2, 0) is 20.0 Å². The van der Waals surface area contributed by atoms with E-state index in [1.165, 1.54) is 38.5 Å². The fraction of sp³-hybridized carbons (Fsp3) is 0.143. The van der Waals surface area contributed by atoms with Crippen molar-refractivity contribution in [3.63, 3.8) is 0 Å². The van der Waals surface area contributed by atoms with E-state index in [0.717, 1.165) is 0 Å². The fourth-order valence-electron chi connectivity index (χ4n) is 2.26. The molecule has 2 aromatic carbocycles. The number of ketones is 2. The summed E-state index contributed by atoms with van der Waals surface area (Å²) in [4.78, 5) is 23.9. The van der Waals surface area contributed by atoms with Gasteiger partial charge in [0.15, 0.2) is 34.6 Å². The second-order valence-electron chi connectivity index (χ2n) is 6.09. The van der Waals surface area contributed by atoms with E-state index < -0.39 is 10.4 Å². The molecule has 0 spiro atoms. The minimum absolute atomic E-state index is 0.00662. The Hall–Kier alpha value is -3.67. The molecule has 32 heavy (non-hydrogen) atoms. The van der Waals surface area contributed by atoms with E-state index in [1.54, 1.807) is 36.4 Å². The maximum atomic E-state index is 11.9. The smallest absolute Gasteiger partial charge is 0.394 e. The topological polar surface area (TPSA) is 168 Å². The standard InChI is InChI=1S/C21H20O6.H2O4S/c1-26-20-11-14(5-9-18(20)24)3-7-16(22)13-17(23)8-4-15-6-10-19(25)21(12-15)27-2;1-5(2,3)4/h3-12,24-25H,13H2,1-2H3;(H2,1,2,3,4). The highest BCUT2D eigenvalue weighted by molar-refractivity contribution is 7.79. The number of rotatable bonds is 8. The molecule has 0 amide bonds. The number of ether oxygens (including phenoxy) is 2. The molecular formula is C21H22O10S. The summed E-state index contributed by atoms with van der Waals surface area (Å²) >= 11 is 0. The zero-order valence-electron chi connectivity index (χ0n) is 17.1. The van der Waals surface area contributed by atoms with Crippen molar-refractivity contribution in [2.45, 2.75) is 6.42 Å². The largest absolute Gasteiger partial charge is 0.504 e. The molecule has 0 heterocycles. The predicted octanol–water partition coefficient (Wildman–Crippen LogP) is 2.72. The lowest BCUT2D eigenvalue weighted by Crippen LogP contribution is -2.01. The Bertz CT molecular complexity index is 1040. The van der Waals surface area contributed by atoms with E-state index in [2.05, 4.69) is 0 Å². The lowest BCUT2D eigenvalue weighted by Gasteiger charge is -2.03. The third kappa shape index (κ3) is 10.4. The van der Waals surface area contributed by atoms with Crippen molar-refractivity contribution in [3.05, 3.63) is 59.7 Å². The monoisotopic (exact) mass is 466 g/mol. The number of phenolic OH excluding ortho intramolecular Hbond substituents is 2. The highest BCUT2D eigenvalue weighted by Crippen LogP contribution is 2.27. The number of hydrogen-bond acceptors (Lipinski definition) is 8. The Labute approximate surface area is 184 Å². The number of carbonyl (C=O) groups is 2. The highest BCUT2D eigenvalue weighted by Gasteiger charge is 2.06. The van der Waals surface area contributed by atoms with Crippen LogP contribution in [0.1, 0.15) is 17.5 Å². The molecule has 0 aromatic heterocycles. The van der Waals surface area contributed by atoms with Gasteiger partial charge in [-0.25, -0.2) is 0 Å². The van der Waals surface area contributed by atoms with Crippen molar-refractivity contribution in [3.8, 4) is 23.0 Å². The number of methoxy groups -OCH3 is 2. The molecule has 0 saturated carbocycles. The van der Waals surface area contributed by atoms with Gasteiger partial charge >= 0.3 is 10.4 Å². The van der Waals surface area contributed by atoms with Gasteiger partial charge in [0.25, 0.3) is 0 Å². The summed E-state index contributed by atoms with van der Waals surface area (Å²) in [6, 6.07) is 9.34. The van der Waals surface area contributed by atoms with E-state index in [1.807, 2.05) is 0 Å². The average molecular weight is 466 g/mol. The molecule has 2 aromatic rings. The number of carbonyl (C=O) groups excluding carboxylic acids is 2. The summed E-state index contributed by atoms with van der Waals surface area (Å²) < 4.78 is 41.6. The summed E-state index contributed by atoms with van der Waals surface area (Å²) in [6.07, 6.45) is 5.44. The van der Waals surface area contributed by atoms with Crippen LogP contribution in [0.3, 0.4) is 0 Å². The van der Waals surface area contributed by atoms with Crippen LogP contribution < -0.4 is 9.47 Å². The summed E-state index contributed by atoms with van der Waals surface area (Å²) in [6.45, 7) is 0. The van der Waals surface area contributed by atoms with Crippen LogP contribution in [0.5, 0.6) is 23.0 Å². The summed E-state index contributed by atoms with van der Waals surface area (Å²) in [5, 5.41) is 19.1. The molecule has 11 heteroatoms. The van der Waals surface area contributed by atoms with E-state index in [0.29, 0.717) is 22.6 Å². The third-order valence-electron chi connectivity index (χ3n) is 3.68. The Morgan fingerprint density at radius 1 is 0.812 bits per heavy atom. The van der Waals surface area contributed by atoms with Crippen LogP contribution in [0, 0.1) is 0 Å². The first-order chi connectivity index (χ1) is 14.9. The Morgan fingerprint density at radius 3 is 1.47 bits per heavy atom. The first kappa shape index (κ1) is 26.4. The van der Waals surface area contributed by atoms with Crippen molar-refractivity contribution in [1.82, 2.24) is 0 Å². The van der Waals surface area contributed by atoms with Crippen LogP contribution in [-0.4, -0.2) is 53.5 Å². The number of hydrogen-bond donors (Lipinski definition) is 4. The normalized spacial score (nSPS) is 11.1. The van der Waals surface area contributed by atoms with Gasteiger partial charge in [0.05, 0.1) is 20.6 Å². The van der Waals surface area contributed by atoms with Gasteiger partial charge in [0.2, 0.25) is 0 Å². The molecule has 172 valence electrons. The molecule has 0 atom stereocenters. The van der Waals surface area contributed by atoms with Crippen molar-refractivity contribution >= 4 is 34.1 Å². The van der Waals surface area contributed by atoms with Crippen LogP contribution in [0.2, 0.25) is 0 Å². The van der Waals surface area contributed by atoms with Gasteiger partial charge in [-0.3, -0.25) is 18.7 Å². The van der Waals surface area contributed by atoms with Gasteiger partial charge in [0, 0.05) is 0 Å². The maximum Gasteiger partial charge on any atom is 0.394 e. The zero-order chi connectivity index (χ0) is 24.3. The van der Waals surface area contributed by atoms with E-state index in [9.17, 15) is 19.8 Å². The van der Waals surface area contributed by atoms with Gasteiger partial charge in [-0.05, 0) is 47.5 Å². The first-order valence-electron chi connectivity index (χ1n) is 8.78. The predicted molar refractivity (Wildman–Crippen MR) is 116 cm³/mol. The van der Waals surface area contributed by atoms with Crippen molar-refractivity contribution in [1.29, 1.82) is 0 Å². The van der Waals surface area contributed by atoms with Gasteiger partial charge in [0.1, 0.15) is 0 Å². The Morgan fingerprint density at radius 2 is 1.16 bits per heavy atom.